The lowest BCUT2D eigenvalue weighted by Gasteiger charge is -2.23. The maximum Gasteiger partial charge on any atom is 0.255 e. The fourth-order valence-corrected chi connectivity index (χ4v) is 3.49. The molecule has 1 fully saturated rings. The lowest BCUT2D eigenvalue weighted by Crippen LogP contribution is -2.33. The fourth-order valence-electron chi connectivity index (χ4n) is 3.49. The summed E-state index contributed by atoms with van der Waals surface area (Å²) in [6, 6.07) is 25.4. The lowest BCUT2D eigenvalue weighted by molar-refractivity contribution is -0.133. The van der Waals surface area contributed by atoms with Gasteiger partial charge >= 0.3 is 0 Å². The first-order valence-corrected chi connectivity index (χ1v) is 9.93. The van der Waals surface area contributed by atoms with Crippen LogP contribution in [0.1, 0.15) is 22.8 Å². The molecule has 1 heterocycles. The van der Waals surface area contributed by atoms with E-state index in [1.807, 2.05) is 83.8 Å². The van der Waals surface area contributed by atoms with Gasteiger partial charge in [0.25, 0.3) is 5.91 Å². The Morgan fingerprint density at radius 3 is 1.77 bits per heavy atom. The van der Waals surface area contributed by atoms with Crippen molar-refractivity contribution in [1.82, 2.24) is 4.90 Å². The van der Waals surface area contributed by atoms with Crippen molar-refractivity contribution in [3.8, 4) is 11.5 Å². The number of ether oxygens (including phenoxy) is 3. The molecule has 0 aliphatic carbocycles. The first kappa shape index (κ1) is 20.0. The van der Waals surface area contributed by atoms with Crippen LogP contribution in [0.4, 0.5) is 0 Å². The zero-order valence-corrected chi connectivity index (χ0v) is 17.2. The normalized spacial score (nSPS) is 17.3. The summed E-state index contributed by atoms with van der Waals surface area (Å²) in [5, 5.41) is 0. The minimum absolute atomic E-state index is 0.00418. The second kappa shape index (κ2) is 9.01. The smallest absolute Gasteiger partial charge is 0.255 e. The Morgan fingerprint density at radius 2 is 1.30 bits per heavy atom. The van der Waals surface area contributed by atoms with Crippen LogP contribution in [0, 0.1) is 0 Å². The minimum atomic E-state index is -0.441. The van der Waals surface area contributed by atoms with E-state index < -0.39 is 6.10 Å². The van der Waals surface area contributed by atoms with Crippen LogP contribution in [0.5, 0.6) is 11.5 Å². The number of rotatable bonds is 8. The number of nitrogens with zero attached hydrogens (tertiary/aromatic N) is 1. The number of hydrogen-bond acceptors (Lipinski definition) is 4. The van der Waals surface area contributed by atoms with Gasteiger partial charge in [-0.3, -0.25) is 4.79 Å². The molecule has 1 amide bonds. The zero-order valence-electron chi connectivity index (χ0n) is 17.2. The molecule has 1 saturated heterocycles. The molecule has 0 N–H and O–H groups in total. The Bertz CT molecular complexity index is 921. The van der Waals surface area contributed by atoms with Crippen molar-refractivity contribution in [1.29, 1.82) is 0 Å². The summed E-state index contributed by atoms with van der Waals surface area (Å²) in [5.74, 6) is 1.58. The summed E-state index contributed by atoms with van der Waals surface area (Å²) in [4.78, 5) is 15.1. The van der Waals surface area contributed by atoms with Crippen LogP contribution >= 0.6 is 0 Å². The number of carbonyl (C=O) groups is 1. The number of amides is 1. The number of hydrogen-bond donors (Lipinski definition) is 0. The fraction of sp³-hybridized carbons (Fsp3) is 0.240. The average Bonchev–Trinajstić information content (AvgIpc) is 3.61. The molecular weight excluding hydrogens is 378 g/mol. The van der Waals surface area contributed by atoms with Crippen molar-refractivity contribution in [2.45, 2.75) is 25.3 Å². The van der Waals surface area contributed by atoms with E-state index in [4.69, 9.17) is 14.2 Å². The van der Waals surface area contributed by atoms with Crippen LogP contribution in [0.25, 0.3) is 0 Å². The van der Waals surface area contributed by atoms with Gasteiger partial charge in [0.05, 0.1) is 14.2 Å². The van der Waals surface area contributed by atoms with Gasteiger partial charge in [0.1, 0.15) is 17.6 Å². The molecule has 5 nitrogen and oxygen atoms in total. The highest BCUT2D eigenvalue weighted by atomic mass is 16.6. The molecule has 1 aliphatic rings. The van der Waals surface area contributed by atoms with Gasteiger partial charge in [0.15, 0.2) is 6.10 Å². The quantitative estimate of drug-likeness (QED) is 0.524. The molecule has 0 unspecified atom stereocenters. The highest BCUT2D eigenvalue weighted by Gasteiger charge is 2.47. The molecule has 0 bridgehead atoms. The molecule has 5 heteroatoms. The predicted octanol–water partition coefficient (Wildman–Crippen LogP) is 4.37. The van der Waals surface area contributed by atoms with Crippen LogP contribution in [-0.4, -0.2) is 31.1 Å². The Hall–Kier alpha value is -3.31. The van der Waals surface area contributed by atoms with Crippen LogP contribution in [0.3, 0.4) is 0 Å². The van der Waals surface area contributed by atoms with Crippen molar-refractivity contribution < 1.29 is 19.0 Å². The van der Waals surface area contributed by atoms with Gasteiger partial charge in [-0.1, -0.05) is 54.6 Å². The molecule has 1 aliphatic heterocycles. The number of epoxide rings is 1. The van der Waals surface area contributed by atoms with Crippen molar-refractivity contribution in [2.24, 2.45) is 0 Å². The number of carbonyl (C=O) groups excluding carboxylic acids is 1. The summed E-state index contributed by atoms with van der Waals surface area (Å²) < 4.78 is 16.2. The second-order valence-electron chi connectivity index (χ2n) is 7.28. The van der Waals surface area contributed by atoms with Crippen LogP contribution in [-0.2, 0) is 22.6 Å². The first-order chi connectivity index (χ1) is 14.7. The lowest BCUT2D eigenvalue weighted by atomic mass is 10.1. The minimum Gasteiger partial charge on any atom is -0.497 e. The Labute approximate surface area is 176 Å². The van der Waals surface area contributed by atoms with Crippen molar-refractivity contribution >= 4 is 5.91 Å². The summed E-state index contributed by atoms with van der Waals surface area (Å²) >= 11 is 0. The van der Waals surface area contributed by atoms with E-state index in [0.29, 0.717) is 13.1 Å². The van der Waals surface area contributed by atoms with E-state index in [1.165, 1.54) is 0 Å². The molecular formula is C25H25NO4. The Morgan fingerprint density at radius 1 is 0.800 bits per heavy atom. The molecule has 0 aromatic heterocycles. The van der Waals surface area contributed by atoms with Gasteiger partial charge in [-0.2, -0.15) is 0 Å². The van der Waals surface area contributed by atoms with Crippen molar-refractivity contribution in [3.05, 3.63) is 95.6 Å². The summed E-state index contributed by atoms with van der Waals surface area (Å²) in [7, 11) is 3.28. The van der Waals surface area contributed by atoms with E-state index in [2.05, 4.69) is 0 Å². The molecule has 3 aromatic rings. The summed E-state index contributed by atoms with van der Waals surface area (Å²) in [5.41, 5.74) is 3.11. The Kier molecular flexibility index (Phi) is 6.00. The molecule has 0 radical (unpaired) electrons. The van der Waals surface area contributed by atoms with E-state index in [1.54, 1.807) is 14.2 Å². The topological polar surface area (TPSA) is 51.3 Å². The third-order valence-electron chi connectivity index (χ3n) is 5.24. The van der Waals surface area contributed by atoms with E-state index >= 15 is 0 Å². The van der Waals surface area contributed by atoms with E-state index in [-0.39, 0.29) is 12.0 Å². The van der Waals surface area contributed by atoms with Crippen molar-refractivity contribution in [3.63, 3.8) is 0 Å². The van der Waals surface area contributed by atoms with Gasteiger partial charge < -0.3 is 19.1 Å². The van der Waals surface area contributed by atoms with Gasteiger partial charge in [-0.25, -0.2) is 0 Å². The van der Waals surface area contributed by atoms with Crippen LogP contribution in [0.15, 0.2) is 78.9 Å². The maximum atomic E-state index is 13.3. The molecule has 0 spiro atoms. The molecule has 0 saturated carbocycles. The second-order valence-corrected chi connectivity index (χ2v) is 7.28. The maximum absolute atomic E-state index is 13.3. The third kappa shape index (κ3) is 4.63. The van der Waals surface area contributed by atoms with Gasteiger partial charge in [0, 0.05) is 13.1 Å². The van der Waals surface area contributed by atoms with Crippen LogP contribution in [0.2, 0.25) is 0 Å². The largest absolute Gasteiger partial charge is 0.497 e. The standard InChI is InChI=1S/C25H25NO4/c1-28-21-12-8-18(9-13-21)16-26(17-19-10-14-22(29-2)15-11-19)25(27)24-23(30-24)20-6-4-3-5-7-20/h3-15,23-24H,16-17H2,1-2H3/t23-,24+/m0/s1. The highest BCUT2D eigenvalue weighted by Crippen LogP contribution is 2.40. The highest BCUT2D eigenvalue weighted by molar-refractivity contribution is 5.84. The molecule has 2 atom stereocenters. The molecule has 154 valence electrons. The SMILES string of the molecule is COc1ccc(CN(Cc2ccc(OC)cc2)C(=O)[C@@H]2O[C@H]2c2ccccc2)cc1. The zero-order chi connectivity index (χ0) is 20.9. The predicted molar refractivity (Wildman–Crippen MR) is 114 cm³/mol. The number of benzene rings is 3. The third-order valence-corrected chi connectivity index (χ3v) is 5.24. The monoisotopic (exact) mass is 403 g/mol. The first-order valence-electron chi connectivity index (χ1n) is 9.93. The van der Waals surface area contributed by atoms with Crippen molar-refractivity contribution in [2.75, 3.05) is 14.2 Å². The average molecular weight is 403 g/mol. The summed E-state index contributed by atoms with van der Waals surface area (Å²) in [6.45, 7) is 0.993. The summed E-state index contributed by atoms with van der Waals surface area (Å²) in [6.07, 6.45) is -0.614. The van der Waals surface area contributed by atoms with Crippen LogP contribution < -0.4 is 9.47 Å². The van der Waals surface area contributed by atoms with E-state index in [0.717, 1.165) is 28.2 Å². The number of methoxy groups -OCH3 is 2. The Balaban J connectivity index is 1.52. The molecule has 30 heavy (non-hydrogen) atoms. The van der Waals surface area contributed by atoms with Gasteiger partial charge in [-0.15, -0.1) is 0 Å². The van der Waals surface area contributed by atoms with E-state index in [9.17, 15) is 4.79 Å². The molecule has 3 aromatic carbocycles. The molecule has 4 rings (SSSR count). The van der Waals surface area contributed by atoms with Gasteiger partial charge in [-0.05, 0) is 41.0 Å². The van der Waals surface area contributed by atoms with Gasteiger partial charge in [0.2, 0.25) is 0 Å².